The number of halogens is 2. The lowest BCUT2D eigenvalue weighted by Gasteiger charge is -2.35. The summed E-state index contributed by atoms with van der Waals surface area (Å²) in [6.07, 6.45) is 1.91. The number of hydrogen-bond donors (Lipinski definition) is 3. The summed E-state index contributed by atoms with van der Waals surface area (Å²) in [7, 11) is 3.57. The first-order chi connectivity index (χ1) is 19.8. The number of carbonyl (C=O) groups is 1. The highest BCUT2D eigenvalue weighted by Gasteiger charge is 2.35. The van der Waals surface area contributed by atoms with Crippen LogP contribution < -0.4 is 20.1 Å². The molecule has 4 N–H and O–H groups in total. The molecule has 3 aromatic rings. The fourth-order valence-electron chi connectivity index (χ4n) is 4.19. The van der Waals surface area contributed by atoms with E-state index in [1.165, 1.54) is 24.3 Å². The van der Waals surface area contributed by atoms with E-state index in [0.29, 0.717) is 17.8 Å². The Balaban J connectivity index is 1.73. The van der Waals surface area contributed by atoms with Crippen molar-refractivity contribution >= 4 is 23.7 Å². The molecule has 42 heavy (non-hydrogen) atoms. The van der Waals surface area contributed by atoms with E-state index in [9.17, 15) is 14.3 Å². The van der Waals surface area contributed by atoms with E-state index in [1.807, 2.05) is 11.9 Å². The second-order valence-corrected chi connectivity index (χ2v) is 10.1. The first-order valence-corrected chi connectivity index (χ1v) is 13.0. The van der Waals surface area contributed by atoms with Crippen LogP contribution in [-0.2, 0) is 9.53 Å². The van der Waals surface area contributed by atoms with Crippen molar-refractivity contribution in [3.05, 3.63) is 65.4 Å². The van der Waals surface area contributed by atoms with Gasteiger partial charge in [-0.1, -0.05) is 0 Å². The molecule has 13 heteroatoms. The van der Waals surface area contributed by atoms with Crippen LogP contribution >= 0.6 is 0 Å². The molecule has 1 aromatic heterocycles. The number of aromatic nitrogens is 1. The molecule has 0 radical (unpaired) electrons. The zero-order valence-electron chi connectivity index (χ0n) is 23.8. The monoisotopic (exact) mass is 582 g/mol. The van der Waals surface area contributed by atoms with Crippen molar-refractivity contribution in [1.29, 1.82) is 5.41 Å². The number of amidine groups is 1. The van der Waals surface area contributed by atoms with Crippen LogP contribution in [0.1, 0.15) is 38.1 Å². The van der Waals surface area contributed by atoms with E-state index in [0.717, 1.165) is 6.20 Å². The average molecular weight is 583 g/mol. The number of anilines is 1. The molecule has 1 aliphatic rings. The standard InChI is InChI=1S/C29H32F2N6O5/c1-6-40-28(39)29(2,3)37(5)17-8-10-21(18(14-17)26-34-11-12-36(26)4)41-24-19(30)15-35-27(23(24)31)42-22-13-16(25(32)33)7-9-20(22)38/h7-11,13-15,26,38H,6,12H2,1-5H3,(H3,32,33). The Bertz CT molecular complexity index is 1550. The van der Waals surface area contributed by atoms with Crippen molar-refractivity contribution in [3.63, 3.8) is 0 Å². The van der Waals surface area contributed by atoms with E-state index in [-0.39, 0.29) is 35.3 Å². The minimum atomic E-state index is -1.26. The molecule has 1 unspecified atom stereocenters. The summed E-state index contributed by atoms with van der Waals surface area (Å²) in [5.41, 5.74) is 5.78. The van der Waals surface area contributed by atoms with Crippen molar-refractivity contribution in [1.82, 2.24) is 9.88 Å². The number of esters is 1. The number of likely N-dealkylation sites (N-methyl/N-ethyl adjacent to an activating group) is 1. The number of phenols is 1. The van der Waals surface area contributed by atoms with Crippen LogP contribution in [0.25, 0.3) is 0 Å². The van der Waals surface area contributed by atoms with Gasteiger partial charge in [0.05, 0.1) is 12.8 Å². The van der Waals surface area contributed by atoms with Crippen molar-refractivity contribution in [2.75, 3.05) is 32.1 Å². The summed E-state index contributed by atoms with van der Waals surface area (Å²) in [6.45, 7) is 5.94. The van der Waals surface area contributed by atoms with Gasteiger partial charge in [-0.2, -0.15) is 4.39 Å². The third-order valence-corrected chi connectivity index (χ3v) is 6.89. The van der Waals surface area contributed by atoms with Gasteiger partial charge in [-0.25, -0.2) is 14.2 Å². The normalized spacial score (nSPS) is 15.0. The van der Waals surface area contributed by atoms with E-state index in [2.05, 4.69) is 9.98 Å². The molecular formula is C29H32F2N6O5. The molecule has 1 atom stereocenters. The van der Waals surface area contributed by atoms with Crippen LogP contribution in [0.5, 0.6) is 28.9 Å². The molecule has 0 bridgehead atoms. The van der Waals surface area contributed by atoms with Gasteiger partial charge in [-0.3, -0.25) is 15.3 Å². The van der Waals surface area contributed by atoms with Crippen LogP contribution in [-0.4, -0.2) is 65.8 Å². The fourth-order valence-corrected chi connectivity index (χ4v) is 4.19. The van der Waals surface area contributed by atoms with E-state index in [4.69, 9.17) is 25.4 Å². The number of nitrogens with two attached hydrogens (primary N) is 1. The zero-order chi connectivity index (χ0) is 30.8. The quantitative estimate of drug-likeness (QED) is 0.175. The van der Waals surface area contributed by atoms with Crippen LogP contribution in [0.3, 0.4) is 0 Å². The lowest BCUT2D eigenvalue weighted by atomic mass is 10.0. The number of nitrogen functional groups attached to an aromatic ring is 1. The Morgan fingerprint density at radius 3 is 2.60 bits per heavy atom. The van der Waals surface area contributed by atoms with Gasteiger partial charge in [0, 0.05) is 36.6 Å². The Morgan fingerprint density at radius 1 is 1.21 bits per heavy atom. The molecule has 4 rings (SSSR count). The highest BCUT2D eigenvalue weighted by molar-refractivity contribution is 5.95. The molecule has 0 saturated carbocycles. The predicted octanol–water partition coefficient (Wildman–Crippen LogP) is 4.73. The number of phenolic OH excluding ortho intramolecular Hbond substituents is 1. The van der Waals surface area contributed by atoms with Gasteiger partial charge >= 0.3 is 5.97 Å². The highest BCUT2D eigenvalue weighted by atomic mass is 19.1. The molecule has 11 nitrogen and oxygen atoms in total. The predicted molar refractivity (Wildman–Crippen MR) is 153 cm³/mol. The van der Waals surface area contributed by atoms with Gasteiger partial charge in [-0.05, 0) is 64.2 Å². The molecule has 222 valence electrons. The number of nitrogens with one attached hydrogen (secondary N) is 1. The number of benzene rings is 2. The maximum Gasteiger partial charge on any atom is 0.331 e. The molecule has 2 aromatic carbocycles. The summed E-state index contributed by atoms with van der Waals surface area (Å²) in [5, 5.41) is 17.7. The van der Waals surface area contributed by atoms with Crippen molar-refractivity contribution in [3.8, 4) is 28.9 Å². The third-order valence-electron chi connectivity index (χ3n) is 6.89. The number of aromatic hydroxyl groups is 1. The maximum atomic E-state index is 15.6. The maximum absolute atomic E-state index is 15.6. The zero-order valence-corrected chi connectivity index (χ0v) is 23.8. The third kappa shape index (κ3) is 5.96. The Morgan fingerprint density at radius 2 is 1.95 bits per heavy atom. The number of nitrogens with zero attached hydrogens (tertiary/aromatic N) is 4. The SMILES string of the molecule is CCOC(=O)C(C)(C)N(C)c1ccc(Oc2c(F)cnc(Oc3cc(C(=N)N)ccc3O)c2F)c(C2N=CCN2C)c1. The largest absolute Gasteiger partial charge is 0.504 e. The first kappa shape index (κ1) is 30.2. The van der Waals surface area contributed by atoms with Gasteiger partial charge in [0.25, 0.3) is 5.88 Å². The van der Waals surface area contributed by atoms with Gasteiger partial charge < -0.3 is 30.0 Å². The molecule has 2 heterocycles. The Labute approximate surface area is 241 Å². The average Bonchev–Trinajstić information content (AvgIpc) is 3.38. The summed E-state index contributed by atoms with van der Waals surface area (Å²) in [4.78, 5) is 24.4. The number of ether oxygens (including phenoxy) is 3. The van der Waals surface area contributed by atoms with Crippen LogP contribution in [0.4, 0.5) is 14.5 Å². The second kappa shape index (κ2) is 12.0. The summed E-state index contributed by atoms with van der Waals surface area (Å²) < 4.78 is 47.0. The fraction of sp³-hybridized carbons (Fsp3) is 0.310. The second-order valence-electron chi connectivity index (χ2n) is 10.1. The number of pyridine rings is 1. The van der Waals surface area contributed by atoms with Crippen LogP contribution in [0.2, 0.25) is 0 Å². The minimum Gasteiger partial charge on any atom is -0.504 e. The van der Waals surface area contributed by atoms with Gasteiger partial charge in [-0.15, -0.1) is 0 Å². The van der Waals surface area contributed by atoms with Crippen molar-refractivity contribution in [2.24, 2.45) is 10.7 Å². The Hall–Kier alpha value is -4.78. The van der Waals surface area contributed by atoms with Gasteiger partial charge in [0.1, 0.15) is 23.3 Å². The number of carbonyl (C=O) groups excluding carboxylic acids is 1. The van der Waals surface area contributed by atoms with Gasteiger partial charge in [0.2, 0.25) is 11.6 Å². The molecular weight excluding hydrogens is 550 g/mol. The first-order valence-electron chi connectivity index (χ1n) is 13.0. The van der Waals surface area contributed by atoms with Crippen molar-refractivity contribution < 1.29 is 32.9 Å². The highest BCUT2D eigenvalue weighted by Crippen LogP contribution is 2.41. The molecule has 0 aliphatic carbocycles. The molecule has 0 fully saturated rings. The number of aliphatic imine (C=N–C) groups is 1. The van der Waals surface area contributed by atoms with Crippen LogP contribution in [0, 0.1) is 17.0 Å². The van der Waals surface area contributed by atoms with E-state index < -0.39 is 40.9 Å². The van der Waals surface area contributed by atoms with Crippen molar-refractivity contribution in [2.45, 2.75) is 32.5 Å². The summed E-state index contributed by atoms with van der Waals surface area (Å²) in [5.74, 6) is -5.06. The molecule has 0 saturated heterocycles. The molecule has 0 amide bonds. The van der Waals surface area contributed by atoms with E-state index >= 15 is 4.39 Å². The summed E-state index contributed by atoms with van der Waals surface area (Å²) >= 11 is 0. The van der Waals surface area contributed by atoms with E-state index in [1.54, 1.807) is 51.1 Å². The lowest BCUT2D eigenvalue weighted by molar-refractivity contribution is -0.148. The topological polar surface area (TPSA) is 147 Å². The van der Waals surface area contributed by atoms with Gasteiger partial charge in [0.15, 0.2) is 17.3 Å². The minimum absolute atomic E-state index is 0.105. The smallest absolute Gasteiger partial charge is 0.331 e. The lowest BCUT2D eigenvalue weighted by Crippen LogP contribution is -2.49. The Kier molecular flexibility index (Phi) is 8.62. The number of hydrogen-bond acceptors (Lipinski definition) is 10. The number of rotatable bonds is 10. The van der Waals surface area contributed by atoms with Crippen LogP contribution in [0.15, 0.2) is 47.6 Å². The summed E-state index contributed by atoms with van der Waals surface area (Å²) in [6, 6.07) is 8.75. The molecule has 1 aliphatic heterocycles. The molecule has 0 spiro atoms.